The predicted octanol–water partition coefficient (Wildman–Crippen LogP) is 2.33. The molecule has 0 spiro atoms. The van der Waals surface area contributed by atoms with Crippen molar-refractivity contribution in [3.05, 3.63) is 42.0 Å². The SMILES string of the molecule is [Si]CCCN1CCOC1/C=C/c1ccccc1. The molecule has 1 aromatic rings. The van der Waals surface area contributed by atoms with Gasteiger partial charge in [0, 0.05) is 23.3 Å². The number of nitrogens with zero attached hydrogens (tertiary/aromatic N) is 1. The smallest absolute Gasteiger partial charge is 0.130 e. The maximum atomic E-state index is 5.71. The summed E-state index contributed by atoms with van der Waals surface area (Å²) < 4.78 is 5.71. The summed E-state index contributed by atoms with van der Waals surface area (Å²) in [5.74, 6) is 0. The predicted molar refractivity (Wildman–Crippen MR) is 72.0 cm³/mol. The Bertz CT molecular complexity index is 352. The summed E-state index contributed by atoms with van der Waals surface area (Å²) in [5, 5.41) is 0. The van der Waals surface area contributed by atoms with Crippen LogP contribution in [0.1, 0.15) is 12.0 Å². The minimum atomic E-state index is 0.147. The molecule has 3 radical (unpaired) electrons. The van der Waals surface area contributed by atoms with Crippen LogP contribution in [0.3, 0.4) is 0 Å². The molecule has 0 aromatic heterocycles. The van der Waals surface area contributed by atoms with Gasteiger partial charge >= 0.3 is 0 Å². The first-order valence-electron chi connectivity index (χ1n) is 6.13. The first kappa shape index (κ1) is 12.6. The topological polar surface area (TPSA) is 12.5 Å². The molecule has 1 aromatic carbocycles. The summed E-state index contributed by atoms with van der Waals surface area (Å²) in [6.07, 6.45) is 5.59. The Morgan fingerprint density at radius 1 is 1.35 bits per heavy atom. The van der Waals surface area contributed by atoms with Crippen molar-refractivity contribution < 1.29 is 4.74 Å². The first-order chi connectivity index (χ1) is 8.40. The van der Waals surface area contributed by atoms with Crippen LogP contribution in [0.5, 0.6) is 0 Å². The van der Waals surface area contributed by atoms with E-state index in [4.69, 9.17) is 4.74 Å². The van der Waals surface area contributed by atoms with Crippen LogP contribution < -0.4 is 0 Å². The van der Waals surface area contributed by atoms with Crippen molar-refractivity contribution in [2.45, 2.75) is 18.7 Å². The number of ether oxygens (including phenoxy) is 1. The summed E-state index contributed by atoms with van der Waals surface area (Å²) >= 11 is 0. The van der Waals surface area contributed by atoms with E-state index in [1.807, 2.05) is 6.07 Å². The number of hydrogen-bond acceptors (Lipinski definition) is 2. The van der Waals surface area contributed by atoms with Crippen LogP contribution in [0.2, 0.25) is 6.04 Å². The number of rotatable bonds is 5. The fraction of sp³-hybridized carbons (Fsp3) is 0.429. The third-order valence-corrected chi connectivity index (χ3v) is 3.26. The Hall–Kier alpha value is -0.903. The fourth-order valence-corrected chi connectivity index (χ4v) is 2.14. The van der Waals surface area contributed by atoms with Crippen molar-refractivity contribution in [3.8, 4) is 0 Å². The fourth-order valence-electron chi connectivity index (χ4n) is 1.98. The summed E-state index contributed by atoms with van der Waals surface area (Å²) in [4.78, 5) is 2.37. The highest BCUT2D eigenvalue weighted by molar-refractivity contribution is 6.08. The molecule has 0 bridgehead atoms. The van der Waals surface area contributed by atoms with Gasteiger partial charge in [-0.3, -0.25) is 4.90 Å². The number of benzene rings is 1. The van der Waals surface area contributed by atoms with Gasteiger partial charge < -0.3 is 4.74 Å². The normalized spacial score (nSPS) is 21.4. The van der Waals surface area contributed by atoms with E-state index in [0.717, 1.165) is 32.2 Å². The Balaban J connectivity index is 1.91. The van der Waals surface area contributed by atoms with Gasteiger partial charge in [-0.25, -0.2) is 0 Å². The molecule has 2 rings (SSSR count). The lowest BCUT2D eigenvalue weighted by molar-refractivity contribution is 0.0743. The molecule has 1 aliphatic heterocycles. The van der Waals surface area contributed by atoms with Crippen LogP contribution in [0.15, 0.2) is 36.4 Å². The monoisotopic (exact) mass is 244 g/mol. The highest BCUT2D eigenvalue weighted by atomic mass is 28.1. The average molecular weight is 244 g/mol. The highest BCUT2D eigenvalue weighted by Gasteiger charge is 2.21. The van der Waals surface area contributed by atoms with Crippen molar-refractivity contribution in [2.24, 2.45) is 0 Å². The maximum Gasteiger partial charge on any atom is 0.130 e. The van der Waals surface area contributed by atoms with Gasteiger partial charge in [-0.1, -0.05) is 42.5 Å². The zero-order valence-electron chi connectivity index (χ0n) is 10.0. The zero-order chi connectivity index (χ0) is 11.9. The van der Waals surface area contributed by atoms with Gasteiger partial charge in [0.25, 0.3) is 0 Å². The van der Waals surface area contributed by atoms with Crippen molar-refractivity contribution >= 4 is 16.3 Å². The van der Waals surface area contributed by atoms with E-state index in [1.54, 1.807) is 0 Å². The molecule has 0 amide bonds. The molecule has 1 aliphatic rings. The molecule has 17 heavy (non-hydrogen) atoms. The van der Waals surface area contributed by atoms with Gasteiger partial charge in [0.2, 0.25) is 0 Å². The molecule has 0 N–H and O–H groups in total. The van der Waals surface area contributed by atoms with E-state index in [2.05, 4.69) is 51.6 Å². The van der Waals surface area contributed by atoms with Crippen molar-refractivity contribution in [1.82, 2.24) is 4.90 Å². The van der Waals surface area contributed by atoms with Gasteiger partial charge in [-0.05, 0) is 18.1 Å². The third-order valence-electron chi connectivity index (χ3n) is 2.90. The molecular weight excluding hydrogens is 226 g/mol. The summed E-state index contributed by atoms with van der Waals surface area (Å²) in [5.41, 5.74) is 1.23. The van der Waals surface area contributed by atoms with Crippen LogP contribution in [-0.2, 0) is 4.74 Å². The largest absolute Gasteiger partial charge is 0.358 e. The van der Waals surface area contributed by atoms with E-state index in [0.29, 0.717) is 0 Å². The zero-order valence-corrected chi connectivity index (χ0v) is 11.0. The minimum Gasteiger partial charge on any atom is -0.358 e. The van der Waals surface area contributed by atoms with Crippen LogP contribution in [0.4, 0.5) is 0 Å². The van der Waals surface area contributed by atoms with Gasteiger partial charge in [-0.2, -0.15) is 0 Å². The number of hydrogen-bond donors (Lipinski definition) is 0. The molecule has 1 heterocycles. The second-order valence-corrected chi connectivity index (χ2v) is 4.67. The quantitative estimate of drug-likeness (QED) is 0.737. The second kappa shape index (κ2) is 6.74. The van der Waals surface area contributed by atoms with E-state index in [9.17, 15) is 0 Å². The first-order valence-corrected chi connectivity index (χ1v) is 6.84. The Labute approximate surface area is 107 Å². The van der Waals surface area contributed by atoms with Gasteiger partial charge in [0.05, 0.1) is 6.61 Å². The van der Waals surface area contributed by atoms with Crippen LogP contribution in [0.25, 0.3) is 6.08 Å². The molecule has 0 aliphatic carbocycles. The third kappa shape index (κ3) is 3.80. The average Bonchev–Trinajstić information content (AvgIpc) is 2.82. The lowest BCUT2D eigenvalue weighted by Crippen LogP contribution is -2.29. The molecule has 2 nitrogen and oxygen atoms in total. The van der Waals surface area contributed by atoms with Crippen molar-refractivity contribution in [1.29, 1.82) is 0 Å². The Kier molecular flexibility index (Phi) is 4.98. The molecule has 1 atom stereocenters. The van der Waals surface area contributed by atoms with E-state index < -0.39 is 0 Å². The molecule has 1 fully saturated rings. The van der Waals surface area contributed by atoms with E-state index in [1.165, 1.54) is 5.56 Å². The lowest BCUT2D eigenvalue weighted by atomic mass is 10.2. The summed E-state index contributed by atoms with van der Waals surface area (Å²) in [6.45, 7) is 2.97. The van der Waals surface area contributed by atoms with Crippen LogP contribution >= 0.6 is 0 Å². The highest BCUT2D eigenvalue weighted by Crippen LogP contribution is 2.14. The molecule has 89 valence electrons. The van der Waals surface area contributed by atoms with Crippen molar-refractivity contribution in [2.75, 3.05) is 19.7 Å². The summed E-state index contributed by atoms with van der Waals surface area (Å²) in [7, 11) is 3.51. The summed E-state index contributed by atoms with van der Waals surface area (Å²) in [6, 6.07) is 11.4. The van der Waals surface area contributed by atoms with Crippen LogP contribution in [-0.4, -0.2) is 41.1 Å². The molecule has 1 saturated heterocycles. The van der Waals surface area contributed by atoms with E-state index in [-0.39, 0.29) is 6.23 Å². The van der Waals surface area contributed by atoms with Crippen molar-refractivity contribution in [3.63, 3.8) is 0 Å². The van der Waals surface area contributed by atoms with Gasteiger partial charge in [-0.15, -0.1) is 0 Å². The van der Waals surface area contributed by atoms with Gasteiger partial charge in [0.15, 0.2) is 0 Å². The van der Waals surface area contributed by atoms with E-state index >= 15 is 0 Å². The van der Waals surface area contributed by atoms with Gasteiger partial charge in [0.1, 0.15) is 6.23 Å². The minimum absolute atomic E-state index is 0.147. The maximum absolute atomic E-state index is 5.71. The Morgan fingerprint density at radius 3 is 2.94 bits per heavy atom. The molecule has 0 saturated carbocycles. The standard InChI is InChI=1S/C14H18NOSi/c17-12-4-9-15-10-11-16-14(15)8-7-13-5-2-1-3-6-13/h1-3,5-8,14H,4,9-12H2/b8-7+. The molecular formula is C14H18NOSi. The molecule has 3 heteroatoms. The lowest BCUT2D eigenvalue weighted by Gasteiger charge is -2.19. The second-order valence-electron chi connectivity index (χ2n) is 4.17. The van der Waals surface area contributed by atoms with Crippen LogP contribution in [0, 0.1) is 0 Å². The molecule has 1 unspecified atom stereocenters. The Morgan fingerprint density at radius 2 is 2.18 bits per heavy atom.